The number of nitrogens with zero attached hydrogens (tertiary/aromatic N) is 2. The minimum Gasteiger partial charge on any atom is -0.495 e. The number of thiol groups is 1. The SMILES string of the molecule is COc1cc2cc(c1Cl)N(C)C(=O)C[C@@H](OC(=O)[C@@H](C)N(C)C(=O)CCS)[C@@]1(C)O[C@@H]1[C@@H](C)[C@H]1C[C@](O)(NC(=O)O1)[C@@H](OC)/C=C/C=C(\N)C2. The number of nitrogens with two attached hydrogens (primary N) is 1. The number of likely N-dealkylation sites (N-methyl/N-ethyl adjacent to an activating group) is 1. The number of fused-ring (bicyclic) bond motifs is 5. The van der Waals surface area contributed by atoms with Crippen LogP contribution in [0.3, 0.4) is 0 Å². The average Bonchev–Trinajstić information content (AvgIpc) is 3.76. The van der Waals surface area contributed by atoms with Crippen LogP contribution >= 0.6 is 24.2 Å². The van der Waals surface area contributed by atoms with Crippen molar-refractivity contribution in [3.63, 3.8) is 0 Å². The molecule has 2 saturated heterocycles. The maximum absolute atomic E-state index is 14.0. The Morgan fingerprint density at radius 2 is 2.00 bits per heavy atom. The lowest BCUT2D eigenvalue weighted by molar-refractivity contribution is -0.161. The third kappa shape index (κ3) is 8.34. The van der Waals surface area contributed by atoms with Crippen LogP contribution < -0.4 is 20.7 Å². The molecule has 1 aromatic rings. The minimum absolute atomic E-state index is 0.0801. The van der Waals surface area contributed by atoms with Crippen LogP contribution in [0.15, 0.2) is 36.1 Å². The summed E-state index contributed by atoms with van der Waals surface area (Å²) < 4.78 is 28.9. The normalized spacial score (nSPS) is 32.3. The summed E-state index contributed by atoms with van der Waals surface area (Å²) in [6.45, 7) is 5.00. The number of esters is 1. The summed E-state index contributed by atoms with van der Waals surface area (Å²) in [6.07, 6.45) is 0.229. The number of anilines is 1. The molecular formula is C34H47ClN4O10S. The summed E-state index contributed by atoms with van der Waals surface area (Å²) >= 11 is 10.8. The number of aliphatic hydroxyl groups is 1. The van der Waals surface area contributed by atoms with Gasteiger partial charge in [-0.1, -0.05) is 30.7 Å². The fourth-order valence-electron chi connectivity index (χ4n) is 6.36. The summed E-state index contributed by atoms with van der Waals surface area (Å²) in [5.41, 5.74) is 4.71. The standard InChI is InChI=1S/C34H47ClN4O10S/c1-18-24-17-34(44,37-32(43)47-24)25(46-7)10-8-9-21(36)13-20-14-22(29(35)23(15-20)45-6)39(5)28(41)16-26(33(3)30(18)49-33)48-31(42)19(2)38(4)27(40)11-12-50/h8-10,14-15,18-19,24-26,30,44,50H,11-13,16-17,36H2,1-7H3,(H,37,43)/b10-8+,21-9-/t18-,19+,24+,25-,26+,30+,33+,34+/m0/s1. The summed E-state index contributed by atoms with van der Waals surface area (Å²) in [7, 11) is 5.88. The fraction of sp³-hybridized carbons (Fsp3) is 0.588. The van der Waals surface area contributed by atoms with Crippen molar-refractivity contribution in [2.75, 3.05) is 39.0 Å². The lowest BCUT2D eigenvalue weighted by atomic mass is 9.83. The van der Waals surface area contributed by atoms with E-state index in [-0.39, 0.29) is 36.6 Å². The number of rotatable bonds is 7. The smallest absolute Gasteiger partial charge is 0.409 e. The lowest BCUT2D eigenvalue weighted by Gasteiger charge is -2.42. The molecule has 1 aromatic carbocycles. The van der Waals surface area contributed by atoms with Crippen LogP contribution in [0.4, 0.5) is 10.5 Å². The number of carbonyl (C=O) groups excluding carboxylic acids is 4. The highest BCUT2D eigenvalue weighted by Gasteiger charge is 2.64. The van der Waals surface area contributed by atoms with E-state index in [0.717, 1.165) is 0 Å². The van der Waals surface area contributed by atoms with Gasteiger partial charge < -0.3 is 44.3 Å². The molecule has 3 aliphatic rings. The van der Waals surface area contributed by atoms with Gasteiger partial charge in [0.05, 0.1) is 25.3 Å². The van der Waals surface area contributed by atoms with Crippen molar-refractivity contribution in [3.05, 3.63) is 46.6 Å². The molecule has 3 heterocycles. The van der Waals surface area contributed by atoms with Gasteiger partial charge in [0.15, 0.2) is 5.72 Å². The molecule has 50 heavy (non-hydrogen) atoms. The number of methoxy groups -OCH3 is 2. The van der Waals surface area contributed by atoms with Gasteiger partial charge in [0.2, 0.25) is 11.8 Å². The van der Waals surface area contributed by atoms with Crippen molar-refractivity contribution in [2.45, 2.75) is 88.2 Å². The molecule has 4 N–H and O–H groups in total. The number of benzene rings is 1. The Hall–Kier alpha value is -3.50. The molecule has 0 aromatic heterocycles. The highest BCUT2D eigenvalue weighted by molar-refractivity contribution is 7.80. The van der Waals surface area contributed by atoms with E-state index in [9.17, 15) is 24.3 Å². The number of alkyl carbamates (subject to hydrolysis) is 1. The molecule has 0 saturated carbocycles. The summed E-state index contributed by atoms with van der Waals surface area (Å²) in [5, 5.41) is 14.3. The number of hydrogen-bond donors (Lipinski definition) is 4. The monoisotopic (exact) mass is 738 g/mol. The maximum atomic E-state index is 14.0. The number of amides is 3. The zero-order chi connectivity index (χ0) is 37.1. The summed E-state index contributed by atoms with van der Waals surface area (Å²) in [4.78, 5) is 55.5. The van der Waals surface area contributed by atoms with Crippen LogP contribution in [0.1, 0.15) is 45.6 Å². The van der Waals surface area contributed by atoms with E-state index in [1.54, 1.807) is 51.3 Å². The minimum atomic E-state index is -1.86. The van der Waals surface area contributed by atoms with Crippen molar-refractivity contribution >= 4 is 53.8 Å². The Labute approximate surface area is 302 Å². The summed E-state index contributed by atoms with van der Waals surface area (Å²) in [6, 6.07) is 2.43. The van der Waals surface area contributed by atoms with E-state index >= 15 is 0 Å². The molecule has 0 aliphatic carbocycles. The van der Waals surface area contributed by atoms with Gasteiger partial charge in [0.1, 0.15) is 40.7 Å². The van der Waals surface area contributed by atoms with Crippen LogP contribution in [-0.2, 0) is 39.8 Å². The van der Waals surface area contributed by atoms with E-state index in [4.69, 9.17) is 41.0 Å². The Kier molecular flexibility index (Phi) is 12.4. The molecule has 2 fully saturated rings. The number of ether oxygens (including phenoxy) is 5. The highest BCUT2D eigenvalue weighted by atomic mass is 35.5. The van der Waals surface area contributed by atoms with Crippen molar-refractivity contribution in [3.8, 4) is 5.75 Å². The van der Waals surface area contributed by atoms with Crippen molar-refractivity contribution in [1.82, 2.24) is 10.2 Å². The predicted octanol–water partition coefficient (Wildman–Crippen LogP) is 2.73. The zero-order valence-corrected chi connectivity index (χ0v) is 31.0. The first-order chi connectivity index (χ1) is 23.5. The molecule has 4 rings (SSSR count). The van der Waals surface area contributed by atoms with E-state index < -0.39 is 65.7 Å². The average molecular weight is 739 g/mol. The first-order valence-corrected chi connectivity index (χ1v) is 17.2. The predicted molar refractivity (Wildman–Crippen MR) is 188 cm³/mol. The van der Waals surface area contributed by atoms with E-state index in [0.29, 0.717) is 28.5 Å². The number of allylic oxidation sites excluding steroid dienone is 3. The van der Waals surface area contributed by atoms with Gasteiger partial charge in [-0.15, -0.1) is 0 Å². The molecule has 0 radical (unpaired) electrons. The molecule has 14 nitrogen and oxygen atoms in total. The van der Waals surface area contributed by atoms with Gasteiger partial charge >= 0.3 is 12.1 Å². The van der Waals surface area contributed by atoms with Gasteiger partial charge in [0.25, 0.3) is 0 Å². The molecule has 3 aliphatic heterocycles. The van der Waals surface area contributed by atoms with E-state index in [1.807, 2.05) is 0 Å². The Morgan fingerprint density at radius 1 is 1.30 bits per heavy atom. The third-order valence-corrected chi connectivity index (χ3v) is 10.3. The number of hydrogen-bond acceptors (Lipinski definition) is 12. The molecule has 0 unspecified atom stereocenters. The Morgan fingerprint density at radius 3 is 2.64 bits per heavy atom. The largest absolute Gasteiger partial charge is 0.495 e. The molecule has 0 spiro atoms. The number of epoxide rings is 1. The van der Waals surface area contributed by atoms with Crippen LogP contribution in [-0.4, -0.2) is 110 Å². The summed E-state index contributed by atoms with van der Waals surface area (Å²) in [5.74, 6) is -1.44. The van der Waals surface area contributed by atoms with Crippen LogP contribution in [0.2, 0.25) is 5.02 Å². The van der Waals surface area contributed by atoms with E-state index in [2.05, 4.69) is 17.9 Å². The molecular weight excluding hydrogens is 692 g/mol. The Balaban J connectivity index is 1.78. The van der Waals surface area contributed by atoms with Gasteiger partial charge in [-0.2, -0.15) is 12.6 Å². The van der Waals surface area contributed by atoms with Gasteiger partial charge in [-0.25, -0.2) is 9.59 Å². The van der Waals surface area contributed by atoms with Crippen molar-refractivity contribution < 1.29 is 48.0 Å². The number of halogens is 1. The van der Waals surface area contributed by atoms with Crippen molar-refractivity contribution in [1.29, 1.82) is 0 Å². The molecule has 4 bridgehead atoms. The first-order valence-electron chi connectivity index (χ1n) is 16.2. The van der Waals surface area contributed by atoms with Crippen LogP contribution in [0, 0.1) is 5.92 Å². The second-order valence-corrected chi connectivity index (χ2v) is 13.9. The molecule has 16 heteroatoms. The molecule has 276 valence electrons. The second kappa shape index (κ2) is 15.8. The Bertz CT molecular complexity index is 1540. The quantitative estimate of drug-likeness (QED) is 0.183. The van der Waals surface area contributed by atoms with E-state index in [1.165, 1.54) is 38.0 Å². The third-order valence-electron chi connectivity index (χ3n) is 9.71. The zero-order valence-electron chi connectivity index (χ0n) is 29.3. The van der Waals surface area contributed by atoms with Crippen LogP contribution in [0.5, 0.6) is 5.75 Å². The number of nitrogens with one attached hydrogen (secondary N) is 1. The van der Waals surface area contributed by atoms with Gasteiger partial charge in [-0.05, 0) is 43.4 Å². The van der Waals surface area contributed by atoms with Gasteiger partial charge in [-0.3, -0.25) is 14.9 Å². The van der Waals surface area contributed by atoms with Gasteiger partial charge in [0, 0.05) is 52.1 Å². The van der Waals surface area contributed by atoms with Crippen molar-refractivity contribution in [2.24, 2.45) is 11.7 Å². The maximum Gasteiger partial charge on any atom is 0.409 e. The topological polar surface area (TPSA) is 182 Å². The number of carbonyl (C=O) groups is 4. The fourth-order valence-corrected chi connectivity index (χ4v) is 6.87. The highest BCUT2D eigenvalue weighted by Crippen LogP contribution is 2.49. The molecule has 3 amide bonds. The lowest BCUT2D eigenvalue weighted by Crippen LogP contribution is -2.63. The first kappa shape index (κ1) is 39.3. The van der Waals surface area contributed by atoms with Crippen LogP contribution in [0.25, 0.3) is 0 Å². The molecule has 8 atom stereocenters. The second-order valence-electron chi connectivity index (χ2n) is 13.1.